The molecule has 2 N–H and O–H groups in total. The van der Waals surface area contributed by atoms with Gasteiger partial charge in [0.2, 0.25) is 0 Å². The molecule has 0 spiro atoms. The SMILES string of the molecule is Nc1ccc([O])cc1F. The van der Waals surface area contributed by atoms with E-state index >= 15 is 0 Å². The molecule has 0 aliphatic heterocycles. The van der Waals surface area contributed by atoms with Crippen molar-refractivity contribution in [3.8, 4) is 5.75 Å². The van der Waals surface area contributed by atoms with Crippen molar-refractivity contribution in [2.24, 2.45) is 0 Å². The summed E-state index contributed by atoms with van der Waals surface area (Å²) < 4.78 is 12.3. The van der Waals surface area contributed by atoms with Crippen molar-refractivity contribution in [2.45, 2.75) is 0 Å². The summed E-state index contributed by atoms with van der Waals surface area (Å²) in [7, 11) is 0. The molecule has 3 heteroatoms. The maximum Gasteiger partial charge on any atom is 0.181 e. The molecular weight excluding hydrogens is 121 g/mol. The van der Waals surface area contributed by atoms with Gasteiger partial charge in [0.15, 0.2) is 5.75 Å². The van der Waals surface area contributed by atoms with Crippen molar-refractivity contribution >= 4 is 5.69 Å². The quantitative estimate of drug-likeness (QED) is 0.526. The van der Waals surface area contributed by atoms with Gasteiger partial charge in [0.25, 0.3) is 0 Å². The van der Waals surface area contributed by atoms with E-state index in [9.17, 15) is 9.50 Å². The lowest BCUT2D eigenvalue weighted by molar-refractivity contribution is 0.352. The van der Waals surface area contributed by atoms with Crippen molar-refractivity contribution in [1.29, 1.82) is 0 Å². The third-order valence-electron chi connectivity index (χ3n) is 0.972. The molecule has 0 atom stereocenters. The molecule has 0 aliphatic carbocycles. The smallest absolute Gasteiger partial charge is 0.181 e. The van der Waals surface area contributed by atoms with E-state index < -0.39 is 5.82 Å². The molecule has 0 saturated heterocycles. The summed E-state index contributed by atoms with van der Waals surface area (Å²) >= 11 is 0. The summed E-state index contributed by atoms with van der Waals surface area (Å²) in [6, 6.07) is 3.32. The predicted octanol–water partition coefficient (Wildman–Crippen LogP) is 1.55. The Bertz CT molecular complexity index is 224. The zero-order chi connectivity index (χ0) is 6.85. The predicted molar refractivity (Wildman–Crippen MR) is 30.9 cm³/mol. The topological polar surface area (TPSA) is 45.9 Å². The summed E-state index contributed by atoms with van der Waals surface area (Å²) in [5.74, 6) is -1.01. The molecule has 0 fully saturated rings. The van der Waals surface area contributed by atoms with Crippen LogP contribution in [-0.4, -0.2) is 0 Å². The Morgan fingerprint density at radius 2 is 2.11 bits per heavy atom. The number of rotatable bonds is 0. The van der Waals surface area contributed by atoms with Crippen LogP contribution in [-0.2, 0) is 5.11 Å². The van der Waals surface area contributed by atoms with Gasteiger partial charge in [-0.15, -0.1) is 0 Å². The minimum Gasteiger partial charge on any atom is -0.396 e. The van der Waals surface area contributed by atoms with Crippen molar-refractivity contribution in [3.63, 3.8) is 0 Å². The second kappa shape index (κ2) is 1.93. The zero-order valence-corrected chi connectivity index (χ0v) is 4.60. The van der Waals surface area contributed by atoms with Gasteiger partial charge in [-0.1, -0.05) is 0 Å². The summed E-state index contributed by atoms with van der Waals surface area (Å²) in [5.41, 5.74) is 5.08. The molecule has 0 amide bonds. The number of benzene rings is 1. The van der Waals surface area contributed by atoms with Crippen LogP contribution in [0, 0.1) is 5.82 Å². The standard InChI is InChI=1S/C6H5FNO/c7-5-3-4(9)1-2-6(5)8/h1-3H,8H2. The average molecular weight is 126 g/mol. The van der Waals surface area contributed by atoms with E-state index in [0.717, 1.165) is 6.07 Å². The van der Waals surface area contributed by atoms with Crippen LogP contribution in [0.3, 0.4) is 0 Å². The summed E-state index contributed by atoms with van der Waals surface area (Å²) in [4.78, 5) is 0. The van der Waals surface area contributed by atoms with Crippen LogP contribution in [0.1, 0.15) is 0 Å². The monoisotopic (exact) mass is 126 g/mol. The van der Waals surface area contributed by atoms with Gasteiger partial charge in [-0.05, 0) is 12.1 Å². The Labute approximate surface area is 51.7 Å². The number of nitrogens with two attached hydrogens (primary N) is 1. The van der Waals surface area contributed by atoms with Crippen molar-refractivity contribution in [1.82, 2.24) is 0 Å². The number of hydrogen-bond acceptors (Lipinski definition) is 1. The Morgan fingerprint density at radius 1 is 1.44 bits per heavy atom. The van der Waals surface area contributed by atoms with Crippen LogP contribution in [0.5, 0.6) is 5.75 Å². The molecule has 0 aliphatic rings. The van der Waals surface area contributed by atoms with E-state index in [1.807, 2.05) is 0 Å². The van der Waals surface area contributed by atoms with Gasteiger partial charge in [-0.2, -0.15) is 0 Å². The Morgan fingerprint density at radius 3 is 2.56 bits per heavy atom. The zero-order valence-electron chi connectivity index (χ0n) is 4.60. The fourth-order valence-corrected chi connectivity index (χ4v) is 0.508. The van der Waals surface area contributed by atoms with Crippen LogP contribution >= 0.6 is 0 Å². The Balaban J connectivity index is 3.17. The van der Waals surface area contributed by atoms with Crippen LogP contribution < -0.4 is 5.73 Å². The maximum absolute atomic E-state index is 12.3. The fourth-order valence-electron chi connectivity index (χ4n) is 0.508. The molecule has 1 aromatic rings. The van der Waals surface area contributed by atoms with Gasteiger partial charge in [0, 0.05) is 6.07 Å². The van der Waals surface area contributed by atoms with Crippen molar-refractivity contribution < 1.29 is 9.50 Å². The van der Waals surface area contributed by atoms with E-state index in [4.69, 9.17) is 5.73 Å². The molecule has 0 unspecified atom stereocenters. The largest absolute Gasteiger partial charge is 0.396 e. The van der Waals surface area contributed by atoms with Gasteiger partial charge in [-0.3, -0.25) is 5.11 Å². The van der Waals surface area contributed by atoms with Crippen LogP contribution in [0.2, 0.25) is 0 Å². The van der Waals surface area contributed by atoms with Gasteiger partial charge in [0.1, 0.15) is 5.82 Å². The number of nitrogen functional groups attached to an aromatic ring is 1. The molecule has 0 aromatic heterocycles. The first-order chi connectivity index (χ1) is 4.20. The lowest BCUT2D eigenvalue weighted by atomic mass is 10.3. The van der Waals surface area contributed by atoms with E-state index in [2.05, 4.69) is 0 Å². The highest BCUT2D eigenvalue weighted by Gasteiger charge is 1.97. The molecule has 0 heterocycles. The van der Waals surface area contributed by atoms with Crippen LogP contribution in [0.4, 0.5) is 10.1 Å². The van der Waals surface area contributed by atoms with Gasteiger partial charge in [-0.25, -0.2) is 4.39 Å². The lowest BCUT2D eigenvalue weighted by Gasteiger charge is -1.92. The molecule has 47 valence electrons. The van der Waals surface area contributed by atoms with Crippen molar-refractivity contribution in [3.05, 3.63) is 24.0 Å². The van der Waals surface area contributed by atoms with E-state index in [1.165, 1.54) is 12.1 Å². The highest BCUT2D eigenvalue weighted by Crippen LogP contribution is 2.16. The van der Waals surface area contributed by atoms with Gasteiger partial charge < -0.3 is 5.73 Å². The number of anilines is 1. The summed E-state index contributed by atoms with van der Waals surface area (Å²) in [6.45, 7) is 0. The van der Waals surface area contributed by atoms with Gasteiger partial charge in [0.05, 0.1) is 5.69 Å². The minimum atomic E-state index is -0.650. The van der Waals surface area contributed by atoms with Crippen LogP contribution in [0.25, 0.3) is 0 Å². The van der Waals surface area contributed by atoms with Crippen LogP contribution in [0.15, 0.2) is 18.2 Å². The highest BCUT2D eigenvalue weighted by molar-refractivity contribution is 5.42. The molecule has 1 radical (unpaired) electrons. The minimum absolute atomic E-state index is 0.00889. The third kappa shape index (κ3) is 1.10. The average Bonchev–Trinajstić information content (AvgIpc) is 1.80. The molecule has 1 rings (SSSR count). The molecule has 1 aromatic carbocycles. The summed E-state index contributed by atoms with van der Waals surface area (Å²) in [6.07, 6.45) is 0. The van der Waals surface area contributed by atoms with E-state index in [1.54, 1.807) is 0 Å². The second-order valence-corrected chi connectivity index (χ2v) is 1.68. The molecule has 0 bridgehead atoms. The van der Waals surface area contributed by atoms with Crippen molar-refractivity contribution in [2.75, 3.05) is 5.73 Å². The fraction of sp³-hybridized carbons (Fsp3) is 0. The second-order valence-electron chi connectivity index (χ2n) is 1.68. The van der Waals surface area contributed by atoms with E-state index in [0.29, 0.717) is 0 Å². The highest BCUT2D eigenvalue weighted by atomic mass is 19.1. The molecule has 9 heavy (non-hydrogen) atoms. The Hall–Kier alpha value is -1.25. The molecule has 2 nitrogen and oxygen atoms in total. The Kier molecular flexibility index (Phi) is 1.26. The lowest BCUT2D eigenvalue weighted by Crippen LogP contribution is -1.87. The first kappa shape index (κ1) is 5.88. The summed E-state index contributed by atoms with van der Waals surface area (Å²) in [5, 5.41) is 10.3. The molecule has 0 saturated carbocycles. The van der Waals surface area contributed by atoms with Gasteiger partial charge >= 0.3 is 0 Å². The first-order valence-electron chi connectivity index (χ1n) is 2.42. The maximum atomic E-state index is 12.3. The van der Waals surface area contributed by atoms with E-state index in [-0.39, 0.29) is 11.4 Å². The normalized spacial score (nSPS) is 9.44. The third-order valence-corrected chi connectivity index (χ3v) is 0.972. The number of halogens is 1. The molecular formula is C6H5FNO. The number of hydrogen-bond donors (Lipinski definition) is 1. The first-order valence-corrected chi connectivity index (χ1v) is 2.42.